The molecule has 0 aromatic carbocycles. The molecule has 0 amide bonds. The highest BCUT2D eigenvalue weighted by molar-refractivity contribution is 5.38. The summed E-state index contributed by atoms with van der Waals surface area (Å²) in [6.07, 6.45) is 2.80. The van der Waals surface area contributed by atoms with Crippen molar-refractivity contribution in [2.24, 2.45) is 11.8 Å². The molecule has 3 rings (SSSR count). The van der Waals surface area contributed by atoms with Crippen molar-refractivity contribution < 1.29 is 4.74 Å². The Kier molecular flexibility index (Phi) is 3.83. The molecule has 0 atom stereocenters. The van der Waals surface area contributed by atoms with Crippen molar-refractivity contribution in [1.82, 2.24) is 19.9 Å². The Morgan fingerprint density at radius 3 is 2.55 bits per heavy atom. The molecule has 2 heterocycles. The first-order chi connectivity index (χ1) is 9.78. The van der Waals surface area contributed by atoms with Gasteiger partial charge in [0.1, 0.15) is 0 Å². The van der Waals surface area contributed by atoms with Crippen LogP contribution in [-0.4, -0.2) is 59.7 Å². The smallest absolute Gasteiger partial charge is 0.322 e. The molecule has 0 spiro atoms. The Balaban J connectivity index is 1.64. The van der Waals surface area contributed by atoms with Gasteiger partial charge in [-0.15, -0.1) is 0 Å². The van der Waals surface area contributed by atoms with Gasteiger partial charge in [0, 0.05) is 32.7 Å². The van der Waals surface area contributed by atoms with Crippen LogP contribution >= 0.6 is 0 Å². The van der Waals surface area contributed by atoms with Gasteiger partial charge < -0.3 is 9.64 Å². The number of hydrogen-bond acceptors (Lipinski definition) is 8. The van der Waals surface area contributed by atoms with Crippen LogP contribution in [0, 0.1) is 5.92 Å². The van der Waals surface area contributed by atoms with Gasteiger partial charge in [-0.05, 0) is 18.8 Å². The van der Waals surface area contributed by atoms with Crippen LogP contribution in [0.25, 0.3) is 0 Å². The number of ether oxygens (including phenoxy) is 1. The zero-order valence-corrected chi connectivity index (χ0v) is 11.7. The molecule has 1 saturated heterocycles. The second-order valence-electron chi connectivity index (χ2n) is 5.32. The highest BCUT2D eigenvalue weighted by Gasteiger charge is 2.27. The van der Waals surface area contributed by atoms with E-state index in [1.165, 1.54) is 26.5 Å². The van der Waals surface area contributed by atoms with Gasteiger partial charge in [0.05, 0.1) is 7.11 Å². The second kappa shape index (κ2) is 5.76. The fraction of sp³-hybridized carbons (Fsp3) is 0.750. The minimum Gasteiger partial charge on any atom is -0.467 e. The topological polar surface area (TPSA) is 92.4 Å². The van der Waals surface area contributed by atoms with E-state index < -0.39 is 0 Å². The molecule has 0 unspecified atom stereocenters. The second-order valence-corrected chi connectivity index (χ2v) is 5.32. The lowest BCUT2D eigenvalue weighted by Crippen LogP contribution is -2.47. The Morgan fingerprint density at radius 1 is 1.20 bits per heavy atom. The van der Waals surface area contributed by atoms with Crippen LogP contribution in [0.15, 0.2) is 0 Å². The molecule has 110 valence electrons. The van der Waals surface area contributed by atoms with Crippen LogP contribution in [0.2, 0.25) is 0 Å². The molecule has 1 aliphatic carbocycles. The molecule has 1 aromatic rings. The Labute approximate surface area is 118 Å². The van der Waals surface area contributed by atoms with Crippen molar-refractivity contribution in [3.63, 3.8) is 0 Å². The average Bonchev–Trinajstić information content (AvgIpc) is 3.31. The van der Waals surface area contributed by atoms with E-state index in [9.17, 15) is 0 Å². The highest BCUT2D eigenvalue weighted by Crippen LogP contribution is 2.30. The molecule has 1 aliphatic heterocycles. The van der Waals surface area contributed by atoms with Gasteiger partial charge in [-0.25, -0.2) is 5.84 Å². The van der Waals surface area contributed by atoms with E-state index in [-0.39, 0.29) is 6.01 Å². The van der Waals surface area contributed by atoms with Gasteiger partial charge in [0.25, 0.3) is 0 Å². The van der Waals surface area contributed by atoms with Gasteiger partial charge in [-0.1, -0.05) is 0 Å². The van der Waals surface area contributed by atoms with E-state index in [2.05, 4.69) is 30.2 Å². The lowest BCUT2D eigenvalue weighted by Gasteiger charge is -2.34. The van der Waals surface area contributed by atoms with Crippen molar-refractivity contribution >= 4 is 11.9 Å². The molecule has 0 radical (unpaired) electrons. The quantitative estimate of drug-likeness (QED) is 0.560. The van der Waals surface area contributed by atoms with Gasteiger partial charge in [-0.3, -0.25) is 10.3 Å². The maximum absolute atomic E-state index is 5.37. The first kappa shape index (κ1) is 13.3. The van der Waals surface area contributed by atoms with Gasteiger partial charge in [-0.2, -0.15) is 15.0 Å². The Bertz CT molecular complexity index is 435. The van der Waals surface area contributed by atoms with E-state index in [4.69, 9.17) is 10.6 Å². The number of anilines is 2. The maximum atomic E-state index is 5.37. The molecule has 1 saturated carbocycles. The summed E-state index contributed by atoms with van der Waals surface area (Å²) in [5.41, 5.74) is 2.45. The van der Waals surface area contributed by atoms with Crippen molar-refractivity contribution in [3.05, 3.63) is 0 Å². The van der Waals surface area contributed by atoms with Crippen molar-refractivity contribution in [1.29, 1.82) is 0 Å². The predicted molar refractivity (Wildman–Crippen MR) is 75.6 cm³/mol. The number of hydrogen-bond donors (Lipinski definition) is 2. The van der Waals surface area contributed by atoms with Crippen molar-refractivity contribution in [2.75, 3.05) is 50.2 Å². The first-order valence-corrected chi connectivity index (χ1v) is 7.02. The van der Waals surface area contributed by atoms with Crippen LogP contribution in [0.3, 0.4) is 0 Å². The van der Waals surface area contributed by atoms with E-state index >= 15 is 0 Å². The molecule has 8 nitrogen and oxygen atoms in total. The number of nitrogens with zero attached hydrogens (tertiary/aromatic N) is 5. The van der Waals surface area contributed by atoms with E-state index in [0.717, 1.165) is 32.1 Å². The van der Waals surface area contributed by atoms with Gasteiger partial charge >= 0.3 is 6.01 Å². The monoisotopic (exact) mass is 279 g/mol. The van der Waals surface area contributed by atoms with Gasteiger partial charge in [0.2, 0.25) is 11.9 Å². The summed E-state index contributed by atoms with van der Waals surface area (Å²) in [4.78, 5) is 17.3. The number of nitrogen functional groups attached to an aromatic ring is 1. The molecule has 2 aliphatic rings. The number of nitrogens with two attached hydrogens (primary N) is 1. The lowest BCUT2D eigenvalue weighted by atomic mass is 10.3. The number of methoxy groups -OCH3 is 1. The van der Waals surface area contributed by atoms with Crippen molar-refractivity contribution in [3.8, 4) is 6.01 Å². The summed E-state index contributed by atoms with van der Waals surface area (Å²) in [6.45, 7) is 5.18. The summed E-state index contributed by atoms with van der Waals surface area (Å²) in [7, 11) is 1.53. The van der Waals surface area contributed by atoms with Crippen LogP contribution < -0.4 is 20.9 Å². The first-order valence-electron chi connectivity index (χ1n) is 7.02. The third-order valence-corrected chi connectivity index (χ3v) is 3.78. The fourth-order valence-electron chi connectivity index (χ4n) is 2.44. The summed E-state index contributed by atoms with van der Waals surface area (Å²) in [6, 6.07) is 0.281. The number of hydrazine groups is 1. The molecule has 2 fully saturated rings. The molecule has 0 bridgehead atoms. The molecule has 8 heteroatoms. The zero-order chi connectivity index (χ0) is 13.9. The average molecular weight is 279 g/mol. The van der Waals surface area contributed by atoms with E-state index in [1.807, 2.05) is 0 Å². The summed E-state index contributed by atoms with van der Waals surface area (Å²) < 4.78 is 5.08. The van der Waals surface area contributed by atoms with E-state index in [0.29, 0.717) is 11.9 Å². The number of nitrogens with one attached hydrogen (secondary N) is 1. The zero-order valence-electron chi connectivity index (χ0n) is 11.7. The number of piperazine rings is 1. The molecule has 1 aromatic heterocycles. The third-order valence-electron chi connectivity index (χ3n) is 3.78. The number of aromatic nitrogens is 3. The fourth-order valence-corrected chi connectivity index (χ4v) is 2.44. The Morgan fingerprint density at radius 2 is 1.95 bits per heavy atom. The predicted octanol–water partition coefficient (Wildman–Crippen LogP) is -0.302. The third kappa shape index (κ3) is 3.07. The normalized spacial score (nSPS) is 20.0. The summed E-state index contributed by atoms with van der Waals surface area (Å²) in [5, 5.41) is 0. The highest BCUT2D eigenvalue weighted by atomic mass is 16.5. The molecular formula is C12H21N7O. The van der Waals surface area contributed by atoms with E-state index in [1.54, 1.807) is 0 Å². The van der Waals surface area contributed by atoms with Crippen molar-refractivity contribution in [2.45, 2.75) is 12.8 Å². The minimum absolute atomic E-state index is 0.281. The van der Waals surface area contributed by atoms with Gasteiger partial charge in [0.15, 0.2) is 0 Å². The molecule has 3 N–H and O–H groups in total. The van der Waals surface area contributed by atoms with Crippen LogP contribution in [-0.2, 0) is 0 Å². The largest absolute Gasteiger partial charge is 0.467 e. The lowest BCUT2D eigenvalue weighted by molar-refractivity contribution is 0.246. The number of rotatable bonds is 5. The minimum atomic E-state index is 0.281. The maximum Gasteiger partial charge on any atom is 0.322 e. The molecule has 20 heavy (non-hydrogen) atoms. The SMILES string of the molecule is COc1nc(NN)nc(N2CCN(CC3CC3)CC2)n1. The van der Waals surface area contributed by atoms with Crippen LogP contribution in [0.5, 0.6) is 6.01 Å². The summed E-state index contributed by atoms with van der Waals surface area (Å²) in [5.74, 6) is 7.25. The molecular weight excluding hydrogens is 258 g/mol. The van der Waals surface area contributed by atoms with Crippen LogP contribution in [0.4, 0.5) is 11.9 Å². The van der Waals surface area contributed by atoms with Crippen LogP contribution in [0.1, 0.15) is 12.8 Å². The standard InChI is InChI=1S/C12H21N7O/c1-20-12-15-10(17-13)14-11(16-12)19-6-4-18(5-7-19)8-9-2-3-9/h9H,2-8,13H2,1H3,(H,14,15,16,17). The Hall–Kier alpha value is -1.67. The summed E-state index contributed by atoms with van der Waals surface area (Å²) >= 11 is 0.